The number of hydrogen-bond acceptors (Lipinski definition) is 7. The van der Waals surface area contributed by atoms with Gasteiger partial charge in [0, 0.05) is 40.7 Å². The number of carbonyl (C=O) groups excluding carboxylic acids is 1. The van der Waals surface area contributed by atoms with Gasteiger partial charge in [-0.2, -0.15) is 0 Å². The highest BCUT2D eigenvalue weighted by Gasteiger charge is 2.11. The van der Waals surface area contributed by atoms with E-state index in [2.05, 4.69) is 4.90 Å². The van der Waals surface area contributed by atoms with E-state index in [9.17, 15) is 20.0 Å². The standard InChI is InChI=1S/C19H18N2O5S/c22-19(23)18(27-17-7-5-16(6-8-17)21(24)25)13-14-1-3-15(4-2-14)20-9-11-26-12-10-20/h1-8,13H,9-12H2,(H,22,23)/p-1/b18-13+. The van der Waals surface area contributed by atoms with E-state index in [0.29, 0.717) is 18.1 Å². The van der Waals surface area contributed by atoms with E-state index in [0.717, 1.165) is 36.1 Å². The number of carboxylic acids is 1. The Hall–Kier alpha value is -2.84. The third kappa shape index (κ3) is 5.08. The molecule has 0 atom stereocenters. The van der Waals surface area contributed by atoms with Crippen LogP contribution in [0.25, 0.3) is 6.08 Å². The van der Waals surface area contributed by atoms with Crippen LogP contribution < -0.4 is 10.0 Å². The average Bonchev–Trinajstić information content (AvgIpc) is 2.69. The fourth-order valence-corrected chi connectivity index (χ4v) is 3.45. The van der Waals surface area contributed by atoms with E-state index in [1.165, 1.54) is 30.3 Å². The molecule has 2 aromatic carbocycles. The number of anilines is 1. The molecule has 1 heterocycles. The molecule has 7 nitrogen and oxygen atoms in total. The topological polar surface area (TPSA) is 95.7 Å². The van der Waals surface area contributed by atoms with Gasteiger partial charge in [-0.1, -0.05) is 23.9 Å². The van der Waals surface area contributed by atoms with Crippen LogP contribution in [-0.2, 0) is 9.53 Å². The Labute approximate surface area is 160 Å². The summed E-state index contributed by atoms with van der Waals surface area (Å²) in [6.45, 7) is 3.05. The Morgan fingerprint density at radius 3 is 2.26 bits per heavy atom. The number of nitro groups is 1. The Kier molecular flexibility index (Phi) is 6.10. The molecular weight excluding hydrogens is 368 g/mol. The highest BCUT2D eigenvalue weighted by molar-refractivity contribution is 8.04. The SMILES string of the molecule is O=C([O-])/C(=C\c1ccc(N2CCOCC2)cc1)Sc1ccc([N+](=O)[O-])cc1. The number of thioether (sulfide) groups is 1. The Morgan fingerprint density at radius 1 is 1.07 bits per heavy atom. The summed E-state index contributed by atoms with van der Waals surface area (Å²) in [6, 6.07) is 13.3. The van der Waals surface area contributed by atoms with Crippen LogP contribution in [0.1, 0.15) is 5.56 Å². The van der Waals surface area contributed by atoms with Crippen LogP contribution in [0.3, 0.4) is 0 Å². The zero-order valence-corrected chi connectivity index (χ0v) is 15.2. The molecule has 1 aliphatic rings. The minimum atomic E-state index is -1.30. The minimum Gasteiger partial charge on any atom is -0.544 e. The fraction of sp³-hybridized carbons (Fsp3) is 0.211. The molecule has 1 fully saturated rings. The monoisotopic (exact) mass is 385 g/mol. The first-order valence-electron chi connectivity index (χ1n) is 8.31. The number of nitro benzene ring substituents is 1. The number of ether oxygens (including phenoxy) is 1. The molecule has 0 saturated carbocycles. The van der Waals surface area contributed by atoms with E-state index in [4.69, 9.17) is 4.74 Å². The normalized spacial score (nSPS) is 14.8. The van der Waals surface area contributed by atoms with Crippen molar-refractivity contribution in [3.8, 4) is 0 Å². The number of morpholine rings is 1. The zero-order chi connectivity index (χ0) is 19.2. The van der Waals surface area contributed by atoms with E-state index in [-0.39, 0.29) is 10.6 Å². The smallest absolute Gasteiger partial charge is 0.269 e. The summed E-state index contributed by atoms with van der Waals surface area (Å²) in [5.74, 6) is -1.30. The zero-order valence-electron chi connectivity index (χ0n) is 14.4. The van der Waals surface area contributed by atoms with Gasteiger partial charge < -0.3 is 19.5 Å². The lowest BCUT2D eigenvalue weighted by Crippen LogP contribution is -2.36. The molecule has 0 aromatic heterocycles. The van der Waals surface area contributed by atoms with Gasteiger partial charge in [0.15, 0.2) is 0 Å². The van der Waals surface area contributed by atoms with Gasteiger partial charge in [-0.3, -0.25) is 10.1 Å². The summed E-state index contributed by atoms with van der Waals surface area (Å²) in [5.41, 5.74) is 1.76. The van der Waals surface area contributed by atoms with Gasteiger partial charge in [-0.25, -0.2) is 0 Å². The lowest BCUT2D eigenvalue weighted by molar-refractivity contribution is -0.384. The van der Waals surface area contributed by atoms with Crippen molar-refractivity contribution >= 4 is 35.2 Å². The molecule has 0 bridgehead atoms. The van der Waals surface area contributed by atoms with Crippen LogP contribution >= 0.6 is 11.8 Å². The van der Waals surface area contributed by atoms with Gasteiger partial charge in [0.2, 0.25) is 0 Å². The van der Waals surface area contributed by atoms with Gasteiger partial charge >= 0.3 is 0 Å². The number of aliphatic carboxylic acids is 1. The molecule has 1 aliphatic heterocycles. The molecule has 0 radical (unpaired) electrons. The molecule has 3 rings (SSSR count). The molecular formula is C19H17N2O5S-. The summed E-state index contributed by atoms with van der Waals surface area (Å²) < 4.78 is 5.34. The highest BCUT2D eigenvalue weighted by Crippen LogP contribution is 2.29. The van der Waals surface area contributed by atoms with Crippen LogP contribution in [0.15, 0.2) is 58.3 Å². The molecule has 0 aliphatic carbocycles. The Balaban J connectivity index is 1.74. The van der Waals surface area contributed by atoms with Crippen LogP contribution in [-0.4, -0.2) is 37.2 Å². The Bertz CT molecular complexity index is 843. The van der Waals surface area contributed by atoms with Gasteiger partial charge in [0.1, 0.15) is 0 Å². The van der Waals surface area contributed by atoms with Crippen LogP contribution in [0, 0.1) is 10.1 Å². The van der Waals surface area contributed by atoms with E-state index >= 15 is 0 Å². The predicted octanol–water partition coefficient (Wildman–Crippen LogP) is 2.31. The molecule has 140 valence electrons. The lowest BCUT2D eigenvalue weighted by Gasteiger charge is -2.28. The second-order valence-electron chi connectivity index (χ2n) is 5.84. The first-order valence-corrected chi connectivity index (χ1v) is 9.13. The molecule has 27 heavy (non-hydrogen) atoms. The molecule has 0 N–H and O–H groups in total. The summed E-state index contributed by atoms with van der Waals surface area (Å²) >= 11 is 0.994. The maximum atomic E-state index is 11.5. The lowest BCUT2D eigenvalue weighted by atomic mass is 10.1. The second kappa shape index (κ2) is 8.70. The summed E-state index contributed by atoms with van der Waals surface area (Å²) in [5, 5.41) is 22.2. The number of benzene rings is 2. The van der Waals surface area contributed by atoms with Crippen molar-refractivity contribution in [3.05, 3.63) is 69.1 Å². The summed E-state index contributed by atoms with van der Waals surface area (Å²) in [7, 11) is 0. The van der Waals surface area contributed by atoms with Crippen molar-refractivity contribution in [3.63, 3.8) is 0 Å². The predicted molar refractivity (Wildman–Crippen MR) is 101 cm³/mol. The van der Waals surface area contributed by atoms with Crippen LogP contribution in [0.5, 0.6) is 0 Å². The van der Waals surface area contributed by atoms with Crippen molar-refractivity contribution < 1.29 is 19.6 Å². The van der Waals surface area contributed by atoms with Crippen molar-refractivity contribution in [2.45, 2.75) is 4.90 Å². The molecule has 1 saturated heterocycles. The largest absolute Gasteiger partial charge is 0.544 e. The van der Waals surface area contributed by atoms with Gasteiger partial charge in [0.05, 0.1) is 24.1 Å². The number of non-ortho nitro benzene ring substituents is 1. The Morgan fingerprint density at radius 2 is 1.70 bits per heavy atom. The maximum absolute atomic E-state index is 11.5. The van der Waals surface area contributed by atoms with Crippen molar-refractivity contribution in [2.75, 3.05) is 31.2 Å². The molecule has 0 amide bonds. The number of carboxylic acid groups (broad SMARTS) is 1. The molecule has 8 heteroatoms. The van der Waals surface area contributed by atoms with E-state index in [1.54, 1.807) is 0 Å². The van der Waals surface area contributed by atoms with Crippen LogP contribution in [0.2, 0.25) is 0 Å². The molecule has 2 aromatic rings. The van der Waals surface area contributed by atoms with E-state index in [1.807, 2.05) is 24.3 Å². The minimum absolute atomic E-state index is 0.0305. The van der Waals surface area contributed by atoms with Crippen molar-refractivity contribution in [2.24, 2.45) is 0 Å². The van der Waals surface area contributed by atoms with Gasteiger partial charge in [-0.05, 0) is 35.9 Å². The third-order valence-corrected chi connectivity index (χ3v) is 5.06. The molecule has 0 unspecified atom stereocenters. The number of carbonyl (C=O) groups is 1. The number of rotatable bonds is 6. The first kappa shape index (κ1) is 18.9. The quantitative estimate of drug-likeness (QED) is 0.326. The van der Waals surface area contributed by atoms with Gasteiger partial charge in [0.25, 0.3) is 5.69 Å². The number of hydrogen-bond donors (Lipinski definition) is 0. The fourth-order valence-electron chi connectivity index (χ4n) is 2.65. The average molecular weight is 385 g/mol. The van der Waals surface area contributed by atoms with Crippen molar-refractivity contribution in [1.29, 1.82) is 0 Å². The molecule has 0 spiro atoms. The number of nitrogens with zero attached hydrogens (tertiary/aromatic N) is 2. The summed E-state index contributed by atoms with van der Waals surface area (Å²) in [6.07, 6.45) is 1.53. The van der Waals surface area contributed by atoms with E-state index < -0.39 is 10.9 Å². The van der Waals surface area contributed by atoms with Crippen LogP contribution in [0.4, 0.5) is 11.4 Å². The highest BCUT2D eigenvalue weighted by atomic mass is 32.2. The van der Waals surface area contributed by atoms with Crippen molar-refractivity contribution in [1.82, 2.24) is 0 Å². The summed E-state index contributed by atoms with van der Waals surface area (Å²) in [4.78, 5) is 24.5. The van der Waals surface area contributed by atoms with Gasteiger partial charge in [-0.15, -0.1) is 0 Å². The maximum Gasteiger partial charge on any atom is 0.269 e. The first-order chi connectivity index (χ1) is 13.0. The second-order valence-corrected chi connectivity index (χ2v) is 6.96. The third-order valence-electron chi connectivity index (χ3n) is 4.04.